The fraction of sp³-hybridized carbons (Fsp3) is 0.583. The Bertz CT molecular complexity index is 483. The summed E-state index contributed by atoms with van der Waals surface area (Å²) in [4.78, 5) is 29.0. The van der Waals surface area contributed by atoms with Crippen LogP contribution in [0.15, 0.2) is 12.5 Å². The molecule has 1 aromatic rings. The van der Waals surface area contributed by atoms with E-state index in [0.717, 1.165) is 0 Å². The molecule has 1 saturated heterocycles. The number of carboxylic acids is 1. The Morgan fingerprint density at radius 2 is 2.22 bits per heavy atom. The fourth-order valence-corrected chi connectivity index (χ4v) is 2.27. The van der Waals surface area contributed by atoms with Crippen LogP contribution in [0, 0.1) is 5.41 Å². The van der Waals surface area contributed by atoms with Crippen LogP contribution in [0.4, 0.5) is 0 Å². The van der Waals surface area contributed by atoms with Gasteiger partial charge < -0.3 is 14.6 Å². The number of likely N-dealkylation sites (tertiary alicyclic amines) is 1. The lowest BCUT2D eigenvalue weighted by Crippen LogP contribution is -2.48. The Morgan fingerprint density at radius 1 is 1.50 bits per heavy atom. The number of aromatic nitrogens is 2. The van der Waals surface area contributed by atoms with Gasteiger partial charge in [-0.25, -0.2) is 4.98 Å². The normalized spacial score (nSPS) is 24.0. The summed E-state index contributed by atoms with van der Waals surface area (Å²) in [7, 11) is 1.79. The lowest BCUT2D eigenvalue weighted by Gasteiger charge is -2.37. The van der Waals surface area contributed by atoms with Crippen LogP contribution in [0.5, 0.6) is 0 Å². The topological polar surface area (TPSA) is 75.4 Å². The second-order valence-electron chi connectivity index (χ2n) is 5.12. The Balaban J connectivity index is 2.14. The molecular weight excluding hydrogens is 234 g/mol. The molecule has 18 heavy (non-hydrogen) atoms. The number of rotatable bonds is 2. The number of aliphatic carboxylic acids is 1. The molecule has 1 aliphatic heterocycles. The molecule has 2 rings (SSSR count). The second kappa shape index (κ2) is 4.44. The maximum Gasteiger partial charge on any atom is 0.311 e. The van der Waals surface area contributed by atoms with E-state index in [1.807, 2.05) is 0 Å². The minimum absolute atomic E-state index is 0.192. The van der Waals surface area contributed by atoms with Gasteiger partial charge in [-0.05, 0) is 19.8 Å². The number of hydrogen-bond acceptors (Lipinski definition) is 3. The van der Waals surface area contributed by atoms with E-state index in [2.05, 4.69) is 4.98 Å². The van der Waals surface area contributed by atoms with E-state index < -0.39 is 11.4 Å². The van der Waals surface area contributed by atoms with Crippen molar-refractivity contribution in [3.63, 3.8) is 0 Å². The molecule has 0 bridgehead atoms. The molecule has 6 nitrogen and oxygen atoms in total. The quantitative estimate of drug-likeness (QED) is 0.841. The Hall–Kier alpha value is -1.85. The molecule has 1 atom stereocenters. The van der Waals surface area contributed by atoms with E-state index in [0.29, 0.717) is 25.1 Å². The van der Waals surface area contributed by atoms with Crippen LogP contribution in [0.25, 0.3) is 0 Å². The molecule has 98 valence electrons. The van der Waals surface area contributed by atoms with Crippen molar-refractivity contribution in [1.82, 2.24) is 14.5 Å². The van der Waals surface area contributed by atoms with Crippen LogP contribution in [-0.4, -0.2) is 44.5 Å². The summed E-state index contributed by atoms with van der Waals surface area (Å²) in [6.45, 7) is 2.53. The van der Waals surface area contributed by atoms with E-state index in [-0.39, 0.29) is 12.5 Å². The monoisotopic (exact) mass is 251 g/mol. The maximum atomic E-state index is 12.2. The van der Waals surface area contributed by atoms with Gasteiger partial charge in [0.05, 0.1) is 11.7 Å². The maximum absolute atomic E-state index is 12.2. The van der Waals surface area contributed by atoms with Crippen molar-refractivity contribution >= 4 is 11.9 Å². The molecule has 0 aliphatic carbocycles. The van der Waals surface area contributed by atoms with Crippen LogP contribution in [-0.2, 0) is 11.8 Å². The van der Waals surface area contributed by atoms with Gasteiger partial charge in [0, 0.05) is 26.3 Å². The van der Waals surface area contributed by atoms with Crippen LogP contribution in [0.3, 0.4) is 0 Å². The number of aryl methyl sites for hydroxylation is 1. The van der Waals surface area contributed by atoms with Crippen LogP contribution < -0.4 is 0 Å². The highest BCUT2D eigenvalue weighted by Crippen LogP contribution is 2.30. The van der Waals surface area contributed by atoms with Gasteiger partial charge in [-0.3, -0.25) is 9.59 Å². The number of nitrogens with zero attached hydrogens (tertiary/aromatic N) is 3. The number of piperidine rings is 1. The third-order valence-electron chi connectivity index (χ3n) is 3.42. The van der Waals surface area contributed by atoms with Crippen molar-refractivity contribution in [3.8, 4) is 0 Å². The zero-order valence-electron chi connectivity index (χ0n) is 10.6. The lowest BCUT2D eigenvalue weighted by atomic mass is 9.82. The van der Waals surface area contributed by atoms with Crippen molar-refractivity contribution in [2.45, 2.75) is 19.8 Å². The average Bonchev–Trinajstić information content (AvgIpc) is 2.75. The predicted molar refractivity (Wildman–Crippen MR) is 64.1 cm³/mol. The Kier molecular flexibility index (Phi) is 3.11. The van der Waals surface area contributed by atoms with Crippen molar-refractivity contribution < 1.29 is 14.7 Å². The summed E-state index contributed by atoms with van der Waals surface area (Å²) in [5.41, 5.74) is -0.477. The Labute approximate surface area is 105 Å². The second-order valence-corrected chi connectivity index (χ2v) is 5.12. The molecule has 0 radical (unpaired) electrons. The highest BCUT2D eigenvalue weighted by Gasteiger charge is 2.39. The number of carbonyl (C=O) groups is 2. The first-order valence-corrected chi connectivity index (χ1v) is 5.93. The number of carboxylic acid groups (broad SMARTS) is 1. The highest BCUT2D eigenvalue weighted by molar-refractivity contribution is 5.92. The van der Waals surface area contributed by atoms with E-state index in [1.165, 1.54) is 0 Å². The summed E-state index contributed by atoms with van der Waals surface area (Å²) in [6.07, 6.45) is 4.53. The van der Waals surface area contributed by atoms with Gasteiger partial charge in [-0.15, -0.1) is 0 Å². The van der Waals surface area contributed by atoms with Gasteiger partial charge in [0.2, 0.25) is 0 Å². The summed E-state index contributed by atoms with van der Waals surface area (Å²) >= 11 is 0. The van der Waals surface area contributed by atoms with Gasteiger partial charge in [-0.1, -0.05) is 0 Å². The van der Waals surface area contributed by atoms with Gasteiger partial charge in [-0.2, -0.15) is 0 Å². The van der Waals surface area contributed by atoms with E-state index in [4.69, 9.17) is 0 Å². The zero-order chi connectivity index (χ0) is 13.3. The first kappa shape index (κ1) is 12.6. The molecule has 0 spiro atoms. The van der Waals surface area contributed by atoms with Gasteiger partial charge in [0.25, 0.3) is 5.91 Å². The molecule has 0 aromatic carbocycles. The molecule has 1 aliphatic rings. The largest absolute Gasteiger partial charge is 0.481 e. The molecule has 2 heterocycles. The summed E-state index contributed by atoms with van der Waals surface area (Å²) < 4.78 is 1.70. The van der Waals surface area contributed by atoms with E-state index in [9.17, 15) is 14.7 Å². The predicted octanol–water partition coefficient (Wildman–Crippen LogP) is 0.747. The number of hydrogen-bond donors (Lipinski definition) is 1. The van der Waals surface area contributed by atoms with E-state index in [1.54, 1.807) is 36.0 Å². The molecule has 6 heteroatoms. The van der Waals surface area contributed by atoms with Crippen LogP contribution in [0.1, 0.15) is 30.3 Å². The first-order valence-electron chi connectivity index (χ1n) is 5.93. The minimum Gasteiger partial charge on any atom is -0.481 e. The Morgan fingerprint density at radius 3 is 2.78 bits per heavy atom. The third-order valence-corrected chi connectivity index (χ3v) is 3.42. The smallest absolute Gasteiger partial charge is 0.311 e. The lowest BCUT2D eigenvalue weighted by molar-refractivity contribution is -0.150. The SMILES string of the molecule is Cn1cnc(C(=O)N2CCCC(C)(C(=O)O)C2)c1. The van der Waals surface area contributed by atoms with Crippen molar-refractivity contribution in [2.75, 3.05) is 13.1 Å². The molecule has 1 fully saturated rings. The minimum atomic E-state index is -0.846. The standard InChI is InChI=1S/C12H17N3O3/c1-12(11(17)18)4-3-5-15(7-12)10(16)9-6-14(2)8-13-9/h6,8H,3-5,7H2,1-2H3,(H,17,18). The van der Waals surface area contributed by atoms with Gasteiger partial charge in [0.15, 0.2) is 0 Å². The fourth-order valence-electron chi connectivity index (χ4n) is 2.27. The van der Waals surface area contributed by atoms with Crippen molar-refractivity contribution in [3.05, 3.63) is 18.2 Å². The molecule has 0 saturated carbocycles. The number of amides is 1. The summed E-state index contributed by atoms with van der Waals surface area (Å²) in [5.74, 6) is -1.04. The van der Waals surface area contributed by atoms with E-state index >= 15 is 0 Å². The molecule has 1 aromatic heterocycles. The van der Waals surface area contributed by atoms with Gasteiger partial charge >= 0.3 is 5.97 Å². The molecule has 1 amide bonds. The average molecular weight is 251 g/mol. The summed E-state index contributed by atoms with van der Waals surface area (Å²) in [5, 5.41) is 9.21. The number of imidazole rings is 1. The summed E-state index contributed by atoms with van der Waals surface area (Å²) in [6, 6.07) is 0. The van der Waals surface area contributed by atoms with Gasteiger partial charge in [0.1, 0.15) is 5.69 Å². The molecule has 1 unspecified atom stereocenters. The molecule has 1 N–H and O–H groups in total. The van der Waals surface area contributed by atoms with Crippen molar-refractivity contribution in [1.29, 1.82) is 0 Å². The van der Waals surface area contributed by atoms with Crippen LogP contribution in [0.2, 0.25) is 0 Å². The highest BCUT2D eigenvalue weighted by atomic mass is 16.4. The first-order chi connectivity index (χ1) is 8.42. The third kappa shape index (κ3) is 2.23. The van der Waals surface area contributed by atoms with Crippen molar-refractivity contribution in [2.24, 2.45) is 12.5 Å². The molecular formula is C12H17N3O3. The zero-order valence-corrected chi connectivity index (χ0v) is 10.6. The van der Waals surface area contributed by atoms with Crippen LogP contribution >= 0.6 is 0 Å². The number of carbonyl (C=O) groups excluding carboxylic acids is 1.